The van der Waals surface area contributed by atoms with Gasteiger partial charge in [0.25, 0.3) is 0 Å². The predicted octanol–water partition coefficient (Wildman–Crippen LogP) is 13.2. The van der Waals surface area contributed by atoms with Crippen LogP contribution in [0.4, 0.5) is 0 Å². The van der Waals surface area contributed by atoms with Gasteiger partial charge in [-0.3, -0.25) is 9.59 Å². The number of esters is 2. The highest BCUT2D eigenvalue weighted by Crippen LogP contribution is 2.21. The third kappa shape index (κ3) is 35.9. The second-order valence-electron chi connectivity index (χ2n) is 16.1. The number of carbonyl (C=O) groups is 2. The molecule has 6 nitrogen and oxygen atoms in total. The Morgan fingerprint density at radius 2 is 0.923 bits per heavy atom. The molecule has 310 valence electrons. The van der Waals surface area contributed by atoms with Crippen molar-refractivity contribution < 1.29 is 24.2 Å². The monoisotopic (exact) mass is 738 g/mol. The van der Waals surface area contributed by atoms with Gasteiger partial charge in [-0.1, -0.05) is 169 Å². The van der Waals surface area contributed by atoms with Crippen LogP contribution in [0.2, 0.25) is 0 Å². The molecule has 52 heavy (non-hydrogen) atoms. The van der Waals surface area contributed by atoms with Crippen LogP contribution in [0.3, 0.4) is 0 Å². The van der Waals surface area contributed by atoms with Crippen LogP contribution in [0.1, 0.15) is 233 Å². The molecule has 0 aromatic rings. The Morgan fingerprint density at radius 3 is 1.44 bits per heavy atom. The number of rotatable bonds is 42. The number of hydrogen-bond acceptors (Lipinski definition) is 6. The maximum Gasteiger partial charge on any atom is 0.308 e. The number of carbonyl (C=O) groups excluding carboxylic acids is 2. The van der Waals surface area contributed by atoms with Crippen LogP contribution in [0.5, 0.6) is 0 Å². The molecule has 6 heteroatoms. The van der Waals surface area contributed by atoms with E-state index in [1.165, 1.54) is 154 Å². The largest absolute Gasteiger partial charge is 0.466 e. The van der Waals surface area contributed by atoms with Gasteiger partial charge in [-0.2, -0.15) is 0 Å². The Labute approximate surface area is 324 Å². The maximum atomic E-state index is 12.8. The first-order valence-corrected chi connectivity index (χ1v) is 23.1. The number of unbranched alkanes of at least 4 members (excludes halogenated alkanes) is 22. The highest BCUT2D eigenvalue weighted by Gasteiger charge is 2.17. The van der Waals surface area contributed by atoms with Gasteiger partial charge in [0, 0.05) is 13.0 Å². The second kappa shape index (κ2) is 41.0. The molecule has 0 bridgehead atoms. The molecule has 0 spiro atoms. The maximum absolute atomic E-state index is 12.8. The van der Waals surface area contributed by atoms with Gasteiger partial charge in [0.05, 0.1) is 19.1 Å². The van der Waals surface area contributed by atoms with Gasteiger partial charge in [-0.25, -0.2) is 0 Å². The Kier molecular flexibility index (Phi) is 40.1. The van der Waals surface area contributed by atoms with Crippen LogP contribution in [0, 0.1) is 11.8 Å². The lowest BCUT2D eigenvalue weighted by Gasteiger charge is -2.22. The number of ether oxygens (including phenoxy) is 2. The van der Waals surface area contributed by atoms with E-state index in [0.717, 1.165) is 64.6 Å². The van der Waals surface area contributed by atoms with Gasteiger partial charge in [0.2, 0.25) is 0 Å². The highest BCUT2D eigenvalue weighted by atomic mass is 16.5. The number of aliphatic hydroxyl groups excluding tert-OH is 1. The van der Waals surface area contributed by atoms with Gasteiger partial charge in [-0.15, -0.1) is 0 Å². The number of nitrogens with zero attached hydrogens (tertiary/aromatic N) is 1. The Morgan fingerprint density at radius 1 is 0.500 bits per heavy atom. The molecule has 0 aliphatic heterocycles. The fourth-order valence-electron chi connectivity index (χ4n) is 7.22. The molecule has 0 saturated heterocycles. The van der Waals surface area contributed by atoms with Crippen LogP contribution >= 0.6 is 0 Å². The van der Waals surface area contributed by atoms with Crippen molar-refractivity contribution in [2.75, 3.05) is 39.5 Å². The summed E-state index contributed by atoms with van der Waals surface area (Å²) in [6.07, 6.45) is 37.8. The van der Waals surface area contributed by atoms with Crippen molar-refractivity contribution in [3.63, 3.8) is 0 Å². The molecule has 0 heterocycles. The van der Waals surface area contributed by atoms with Crippen molar-refractivity contribution in [1.29, 1.82) is 0 Å². The zero-order valence-electron chi connectivity index (χ0n) is 35.6. The molecule has 0 radical (unpaired) electrons. The van der Waals surface area contributed by atoms with E-state index in [9.17, 15) is 14.7 Å². The minimum Gasteiger partial charge on any atom is -0.466 e. The third-order valence-electron chi connectivity index (χ3n) is 10.9. The van der Waals surface area contributed by atoms with Gasteiger partial charge in [-0.05, 0) is 83.3 Å². The minimum absolute atomic E-state index is 0.00899. The quantitative estimate of drug-likeness (QED) is 0.0496. The SMILES string of the molecule is CCCCCCCCCOC(=O)CCCCCCCN(CCCCO)CCCCCCC(C)C(=O)OCC(CCCCCCC)CCCCCCC. The van der Waals surface area contributed by atoms with Crippen molar-refractivity contribution in [2.24, 2.45) is 11.8 Å². The lowest BCUT2D eigenvalue weighted by Crippen LogP contribution is -2.27. The van der Waals surface area contributed by atoms with E-state index >= 15 is 0 Å². The summed E-state index contributed by atoms with van der Waals surface area (Å²) in [5.74, 6) is 0.506. The fraction of sp³-hybridized carbons (Fsp3) is 0.957. The summed E-state index contributed by atoms with van der Waals surface area (Å²) in [7, 11) is 0. The second-order valence-corrected chi connectivity index (χ2v) is 16.1. The molecule has 0 saturated carbocycles. The van der Waals surface area contributed by atoms with E-state index in [1.54, 1.807) is 0 Å². The normalized spacial score (nSPS) is 12.2. The highest BCUT2D eigenvalue weighted by molar-refractivity contribution is 5.71. The zero-order valence-corrected chi connectivity index (χ0v) is 35.6. The van der Waals surface area contributed by atoms with E-state index in [0.29, 0.717) is 25.6 Å². The van der Waals surface area contributed by atoms with Crippen LogP contribution < -0.4 is 0 Å². The Hall–Kier alpha value is -1.14. The molecule has 0 fully saturated rings. The molecule has 1 N–H and O–H groups in total. The third-order valence-corrected chi connectivity index (χ3v) is 10.9. The van der Waals surface area contributed by atoms with Crippen LogP contribution in [-0.4, -0.2) is 61.4 Å². The standard InChI is InChI=1S/C46H91NO5/c1-5-8-11-14-15-23-32-41-51-45(49)36-27-19-16-21-28-37-47(39-30-31-40-48)38-29-22-20-24-33-43(4)46(50)52-42-44(34-25-17-12-9-6-2)35-26-18-13-10-7-3/h43-44,48H,5-42H2,1-4H3. The molecular formula is C46H91NO5. The predicted molar refractivity (Wildman–Crippen MR) is 223 cm³/mol. The average Bonchev–Trinajstić information content (AvgIpc) is 3.14. The molecule has 0 aliphatic carbocycles. The first kappa shape index (κ1) is 50.9. The first-order chi connectivity index (χ1) is 25.5. The minimum atomic E-state index is -0.0221. The summed E-state index contributed by atoms with van der Waals surface area (Å²) in [6.45, 7) is 13.6. The van der Waals surface area contributed by atoms with E-state index in [-0.39, 0.29) is 24.5 Å². The number of aliphatic hydroxyl groups is 1. The molecule has 1 unspecified atom stereocenters. The topological polar surface area (TPSA) is 76.1 Å². The lowest BCUT2D eigenvalue weighted by molar-refractivity contribution is -0.149. The van der Waals surface area contributed by atoms with E-state index in [4.69, 9.17) is 9.47 Å². The van der Waals surface area contributed by atoms with E-state index in [2.05, 4.69) is 32.6 Å². The van der Waals surface area contributed by atoms with Gasteiger partial charge in [0.15, 0.2) is 0 Å². The molecular weight excluding hydrogens is 647 g/mol. The summed E-state index contributed by atoms with van der Waals surface area (Å²) < 4.78 is 11.3. The van der Waals surface area contributed by atoms with Crippen molar-refractivity contribution in [3.8, 4) is 0 Å². The average molecular weight is 738 g/mol. The molecule has 0 aromatic heterocycles. The van der Waals surface area contributed by atoms with Crippen molar-refractivity contribution in [2.45, 2.75) is 233 Å². The summed E-state index contributed by atoms with van der Waals surface area (Å²) in [6, 6.07) is 0. The zero-order chi connectivity index (χ0) is 38.2. The Balaban J connectivity index is 4.13. The lowest BCUT2D eigenvalue weighted by atomic mass is 9.95. The van der Waals surface area contributed by atoms with Crippen LogP contribution in [0.15, 0.2) is 0 Å². The molecule has 0 aliphatic rings. The van der Waals surface area contributed by atoms with Gasteiger partial charge >= 0.3 is 11.9 Å². The van der Waals surface area contributed by atoms with Crippen LogP contribution in [0.25, 0.3) is 0 Å². The molecule has 0 aromatic carbocycles. The van der Waals surface area contributed by atoms with Gasteiger partial charge in [0.1, 0.15) is 0 Å². The van der Waals surface area contributed by atoms with Gasteiger partial charge < -0.3 is 19.5 Å². The summed E-state index contributed by atoms with van der Waals surface area (Å²) in [4.78, 5) is 27.5. The summed E-state index contributed by atoms with van der Waals surface area (Å²) in [5, 5.41) is 9.28. The Bertz CT molecular complexity index is 732. The van der Waals surface area contributed by atoms with Crippen LogP contribution in [-0.2, 0) is 19.1 Å². The first-order valence-electron chi connectivity index (χ1n) is 23.1. The van der Waals surface area contributed by atoms with E-state index < -0.39 is 0 Å². The van der Waals surface area contributed by atoms with Crippen molar-refractivity contribution in [1.82, 2.24) is 4.90 Å². The smallest absolute Gasteiger partial charge is 0.308 e. The van der Waals surface area contributed by atoms with Crippen molar-refractivity contribution in [3.05, 3.63) is 0 Å². The summed E-state index contributed by atoms with van der Waals surface area (Å²) >= 11 is 0. The molecule has 0 rings (SSSR count). The molecule has 1 atom stereocenters. The molecule has 0 amide bonds. The number of hydrogen-bond donors (Lipinski definition) is 1. The van der Waals surface area contributed by atoms with Crippen molar-refractivity contribution >= 4 is 11.9 Å². The fourth-order valence-corrected chi connectivity index (χ4v) is 7.22. The summed E-state index contributed by atoms with van der Waals surface area (Å²) in [5.41, 5.74) is 0. The van der Waals surface area contributed by atoms with E-state index in [1.807, 2.05) is 0 Å².